The van der Waals surface area contributed by atoms with Crippen molar-refractivity contribution in [3.63, 3.8) is 0 Å². The Labute approximate surface area is 92.7 Å². The van der Waals surface area contributed by atoms with Crippen LogP contribution in [-0.2, 0) is 0 Å². The lowest BCUT2D eigenvalue weighted by Gasteiger charge is -2.51. The molecule has 0 amide bonds. The fourth-order valence-electron chi connectivity index (χ4n) is 4.28. The Morgan fingerprint density at radius 1 is 1.33 bits per heavy atom. The van der Waals surface area contributed by atoms with E-state index in [9.17, 15) is 10.2 Å². The summed E-state index contributed by atoms with van der Waals surface area (Å²) < 4.78 is 0. The zero-order valence-corrected chi connectivity index (χ0v) is 10.4. The van der Waals surface area contributed by atoms with Gasteiger partial charge >= 0.3 is 0 Å². The highest BCUT2D eigenvalue weighted by Gasteiger charge is 2.68. The van der Waals surface area contributed by atoms with Gasteiger partial charge in [0.25, 0.3) is 0 Å². The molecular weight excluding hydrogens is 188 g/mol. The van der Waals surface area contributed by atoms with Crippen LogP contribution < -0.4 is 0 Å². The van der Waals surface area contributed by atoms with Gasteiger partial charge in [-0.15, -0.1) is 0 Å². The lowest BCUT2D eigenvalue weighted by atomic mass is 9.58. The minimum Gasteiger partial charge on any atom is -0.393 e. The van der Waals surface area contributed by atoms with Gasteiger partial charge < -0.3 is 10.2 Å². The molecule has 2 aliphatic carbocycles. The van der Waals surface area contributed by atoms with Gasteiger partial charge in [-0.2, -0.15) is 0 Å². The van der Waals surface area contributed by atoms with Crippen LogP contribution in [0.25, 0.3) is 0 Å². The van der Waals surface area contributed by atoms with Gasteiger partial charge in [-0.05, 0) is 42.9 Å². The van der Waals surface area contributed by atoms with Crippen LogP contribution in [0.5, 0.6) is 0 Å². The van der Waals surface area contributed by atoms with E-state index in [1.807, 2.05) is 0 Å². The SMILES string of the molecule is C[C@H](O)C[C@]1(O)C(C)(C)[C@H]2CC[C@]1(C)C2. The molecule has 2 fully saturated rings. The Morgan fingerprint density at radius 2 is 1.93 bits per heavy atom. The van der Waals surface area contributed by atoms with Crippen molar-refractivity contribution < 1.29 is 10.2 Å². The largest absolute Gasteiger partial charge is 0.393 e. The fraction of sp³-hybridized carbons (Fsp3) is 1.00. The maximum Gasteiger partial charge on any atom is 0.0778 e. The lowest BCUT2D eigenvalue weighted by molar-refractivity contribution is -0.161. The fourth-order valence-corrected chi connectivity index (χ4v) is 4.28. The number of rotatable bonds is 2. The van der Waals surface area contributed by atoms with Crippen molar-refractivity contribution in [2.75, 3.05) is 0 Å². The van der Waals surface area contributed by atoms with Crippen LogP contribution in [0, 0.1) is 16.7 Å². The van der Waals surface area contributed by atoms with Crippen molar-refractivity contribution in [2.45, 2.75) is 65.1 Å². The third-order valence-electron chi connectivity index (χ3n) is 5.42. The predicted octanol–water partition coefficient (Wildman–Crippen LogP) is 2.33. The highest BCUT2D eigenvalue weighted by atomic mass is 16.3. The van der Waals surface area contributed by atoms with Crippen molar-refractivity contribution in [3.8, 4) is 0 Å². The highest BCUT2D eigenvalue weighted by molar-refractivity contribution is 5.18. The summed E-state index contributed by atoms with van der Waals surface area (Å²) in [5.74, 6) is 0.631. The molecule has 2 N–H and O–H groups in total. The summed E-state index contributed by atoms with van der Waals surface area (Å²) in [6.07, 6.45) is 3.59. The van der Waals surface area contributed by atoms with Crippen molar-refractivity contribution in [1.29, 1.82) is 0 Å². The first-order valence-electron chi connectivity index (χ1n) is 6.13. The molecule has 0 aromatic rings. The molecule has 0 radical (unpaired) electrons. The van der Waals surface area contributed by atoms with Crippen LogP contribution >= 0.6 is 0 Å². The van der Waals surface area contributed by atoms with Gasteiger partial charge in [0.15, 0.2) is 0 Å². The Hall–Kier alpha value is -0.0800. The van der Waals surface area contributed by atoms with E-state index in [2.05, 4.69) is 20.8 Å². The molecule has 0 heterocycles. The summed E-state index contributed by atoms with van der Waals surface area (Å²) in [5, 5.41) is 20.6. The molecule has 88 valence electrons. The number of aliphatic hydroxyl groups excluding tert-OH is 1. The van der Waals surface area contributed by atoms with Crippen molar-refractivity contribution >= 4 is 0 Å². The molecule has 0 aliphatic heterocycles. The van der Waals surface area contributed by atoms with Crippen LogP contribution in [0.1, 0.15) is 53.4 Å². The molecule has 15 heavy (non-hydrogen) atoms. The van der Waals surface area contributed by atoms with Crippen LogP contribution in [0.2, 0.25) is 0 Å². The van der Waals surface area contributed by atoms with E-state index in [0.717, 1.165) is 12.8 Å². The summed E-state index contributed by atoms with van der Waals surface area (Å²) in [6, 6.07) is 0. The molecule has 0 saturated heterocycles. The normalized spacial score (nSPS) is 49.6. The first-order chi connectivity index (χ1) is 6.73. The van der Waals surface area contributed by atoms with E-state index in [1.165, 1.54) is 6.42 Å². The maximum atomic E-state index is 11.0. The molecular formula is C13H24O2. The third-order valence-corrected chi connectivity index (χ3v) is 5.42. The average Bonchev–Trinajstić information content (AvgIpc) is 2.51. The van der Waals surface area contributed by atoms with E-state index >= 15 is 0 Å². The second-order valence-electron chi connectivity index (χ2n) is 6.64. The van der Waals surface area contributed by atoms with Gasteiger partial charge in [0, 0.05) is 6.42 Å². The van der Waals surface area contributed by atoms with Gasteiger partial charge in [-0.3, -0.25) is 0 Å². The van der Waals surface area contributed by atoms with E-state index in [-0.39, 0.29) is 10.8 Å². The molecule has 2 aliphatic rings. The van der Waals surface area contributed by atoms with Crippen molar-refractivity contribution in [3.05, 3.63) is 0 Å². The number of fused-ring (bicyclic) bond motifs is 2. The van der Waals surface area contributed by atoms with Gasteiger partial charge in [-0.25, -0.2) is 0 Å². The Morgan fingerprint density at radius 3 is 2.33 bits per heavy atom. The zero-order chi connectivity index (χ0) is 11.5. The summed E-state index contributed by atoms with van der Waals surface area (Å²) in [5.41, 5.74) is -0.702. The van der Waals surface area contributed by atoms with Crippen LogP contribution in [-0.4, -0.2) is 21.9 Å². The number of aliphatic hydroxyl groups is 2. The smallest absolute Gasteiger partial charge is 0.0778 e. The Balaban J connectivity index is 2.36. The van der Waals surface area contributed by atoms with Gasteiger partial charge in [-0.1, -0.05) is 20.8 Å². The third kappa shape index (κ3) is 1.24. The van der Waals surface area contributed by atoms with E-state index in [4.69, 9.17) is 0 Å². The number of hydrogen-bond donors (Lipinski definition) is 2. The minimum atomic E-state index is -0.683. The molecule has 0 unspecified atom stereocenters. The lowest BCUT2D eigenvalue weighted by Crippen LogP contribution is -2.55. The van der Waals surface area contributed by atoms with Gasteiger partial charge in [0.05, 0.1) is 11.7 Å². The molecule has 2 saturated carbocycles. The molecule has 0 spiro atoms. The molecule has 2 rings (SSSR count). The summed E-state index contributed by atoms with van der Waals surface area (Å²) >= 11 is 0. The summed E-state index contributed by atoms with van der Waals surface area (Å²) in [4.78, 5) is 0. The minimum absolute atomic E-state index is 0.0259. The molecule has 4 atom stereocenters. The highest BCUT2D eigenvalue weighted by Crippen LogP contribution is 2.69. The van der Waals surface area contributed by atoms with Gasteiger partial charge in [0.1, 0.15) is 0 Å². The first-order valence-corrected chi connectivity index (χ1v) is 6.13. The summed E-state index contributed by atoms with van der Waals surface area (Å²) in [7, 11) is 0. The van der Waals surface area contributed by atoms with E-state index < -0.39 is 11.7 Å². The number of hydrogen-bond acceptors (Lipinski definition) is 2. The first kappa shape index (κ1) is 11.4. The predicted molar refractivity (Wildman–Crippen MR) is 60.5 cm³/mol. The molecule has 2 heteroatoms. The van der Waals surface area contributed by atoms with Crippen LogP contribution in [0.15, 0.2) is 0 Å². The van der Waals surface area contributed by atoms with Crippen molar-refractivity contribution in [2.24, 2.45) is 16.7 Å². The topological polar surface area (TPSA) is 40.5 Å². The second-order valence-corrected chi connectivity index (χ2v) is 6.64. The summed E-state index contributed by atoms with van der Waals surface area (Å²) in [6.45, 7) is 8.32. The second kappa shape index (κ2) is 2.98. The zero-order valence-electron chi connectivity index (χ0n) is 10.4. The Kier molecular flexibility index (Phi) is 2.27. The molecule has 0 aromatic heterocycles. The molecule has 0 aromatic carbocycles. The Bertz CT molecular complexity index is 265. The van der Waals surface area contributed by atoms with Gasteiger partial charge in [0.2, 0.25) is 0 Å². The van der Waals surface area contributed by atoms with E-state index in [0.29, 0.717) is 12.3 Å². The quantitative estimate of drug-likeness (QED) is 0.737. The standard InChI is InChI=1S/C13H24O2/c1-9(14)7-13(15)11(2,3)10-5-6-12(13,4)8-10/h9-10,14-15H,5-8H2,1-4H3/t9-,10-,12+,13-/m0/s1. The van der Waals surface area contributed by atoms with E-state index in [1.54, 1.807) is 6.92 Å². The molecule has 2 bridgehead atoms. The monoisotopic (exact) mass is 212 g/mol. The average molecular weight is 212 g/mol. The maximum absolute atomic E-state index is 11.0. The van der Waals surface area contributed by atoms with Crippen molar-refractivity contribution in [1.82, 2.24) is 0 Å². The van der Waals surface area contributed by atoms with Crippen LogP contribution in [0.4, 0.5) is 0 Å². The molecule has 2 nitrogen and oxygen atoms in total. The van der Waals surface area contributed by atoms with Crippen LogP contribution in [0.3, 0.4) is 0 Å².